The second-order valence-electron chi connectivity index (χ2n) is 5.67. The van der Waals surface area contributed by atoms with Gasteiger partial charge >= 0.3 is 6.03 Å². The van der Waals surface area contributed by atoms with Crippen molar-refractivity contribution in [3.8, 4) is 0 Å². The number of nitrogens with zero attached hydrogens (tertiary/aromatic N) is 2. The van der Waals surface area contributed by atoms with Gasteiger partial charge in [-0.3, -0.25) is 9.69 Å². The van der Waals surface area contributed by atoms with Gasteiger partial charge in [-0.25, -0.2) is 19.6 Å². The predicted molar refractivity (Wildman–Crippen MR) is 78.0 cm³/mol. The first-order valence-electron chi connectivity index (χ1n) is 7.40. The molecule has 0 aliphatic carbocycles. The molecule has 0 saturated carbocycles. The van der Waals surface area contributed by atoms with E-state index in [1.54, 1.807) is 12.1 Å². The maximum absolute atomic E-state index is 13.0. The van der Waals surface area contributed by atoms with Crippen LogP contribution in [0.2, 0.25) is 0 Å². The van der Waals surface area contributed by atoms with Gasteiger partial charge in [-0.05, 0) is 24.6 Å². The van der Waals surface area contributed by atoms with E-state index >= 15 is 0 Å². The molecule has 118 valence electrons. The van der Waals surface area contributed by atoms with Crippen molar-refractivity contribution in [3.63, 3.8) is 0 Å². The Hall–Kier alpha value is -1.99. The highest BCUT2D eigenvalue weighted by Gasteiger charge is 2.50. The van der Waals surface area contributed by atoms with E-state index in [0.29, 0.717) is 12.1 Å². The Morgan fingerprint density at radius 2 is 1.91 bits per heavy atom. The van der Waals surface area contributed by atoms with Gasteiger partial charge in [0, 0.05) is 12.6 Å². The van der Waals surface area contributed by atoms with Crippen molar-refractivity contribution in [2.75, 3.05) is 6.54 Å². The van der Waals surface area contributed by atoms with Gasteiger partial charge < -0.3 is 5.32 Å². The molecule has 0 radical (unpaired) electrons. The van der Waals surface area contributed by atoms with Crippen LogP contribution in [0.25, 0.3) is 0 Å². The van der Waals surface area contributed by atoms with E-state index in [4.69, 9.17) is 0 Å². The summed E-state index contributed by atoms with van der Waals surface area (Å²) in [5, 5.41) is 4.75. The first kappa shape index (κ1) is 14.9. The summed E-state index contributed by atoms with van der Waals surface area (Å²) in [5.74, 6) is -0.569. The molecular formula is C15H19FN4O2. The molecule has 3 rings (SSSR count). The van der Waals surface area contributed by atoms with Gasteiger partial charge in [0.1, 0.15) is 11.9 Å². The molecule has 2 aliphatic rings. The first-order valence-corrected chi connectivity index (χ1v) is 7.40. The molecule has 6 nitrogen and oxygen atoms in total. The van der Waals surface area contributed by atoms with Gasteiger partial charge in [-0.15, -0.1) is 0 Å². The minimum absolute atomic E-state index is 0.00539. The largest absolute Gasteiger partial charge is 0.331 e. The highest BCUT2D eigenvalue weighted by atomic mass is 19.1. The fourth-order valence-corrected chi connectivity index (χ4v) is 3.07. The number of hydrogen-bond donors (Lipinski definition) is 2. The van der Waals surface area contributed by atoms with Crippen molar-refractivity contribution in [2.24, 2.45) is 0 Å². The number of likely N-dealkylation sites (N-methyl/N-ethyl adjacent to an activating group) is 1. The zero-order chi connectivity index (χ0) is 15.9. The number of nitrogens with one attached hydrogen (secondary N) is 2. The third-order valence-electron chi connectivity index (χ3n) is 4.23. The highest BCUT2D eigenvalue weighted by molar-refractivity contribution is 6.00. The van der Waals surface area contributed by atoms with Crippen molar-refractivity contribution in [1.29, 1.82) is 0 Å². The summed E-state index contributed by atoms with van der Waals surface area (Å²) in [6, 6.07) is 4.77. The lowest BCUT2D eigenvalue weighted by atomic mass is 10.00. The van der Waals surface area contributed by atoms with E-state index < -0.39 is 12.1 Å². The van der Waals surface area contributed by atoms with Crippen LogP contribution >= 0.6 is 0 Å². The lowest BCUT2D eigenvalue weighted by molar-refractivity contribution is -0.136. The van der Waals surface area contributed by atoms with Crippen LogP contribution in [0.1, 0.15) is 19.4 Å². The second kappa shape index (κ2) is 5.66. The van der Waals surface area contributed by atoms with Gasteiger partial charge in [0.25, 0.3) is 5.91 Å². The summed E-state index contributed by atoms with van der Waals surface area (Å²) in [6.45, 7) is 4.70. The monoisotopic (exact) mass is 306 g/mol. The van der Waals surface area contributed by atoms with Gasteiger partial charge in [-0.1, -0.05) is 19.1 Å². The summed E-state index contributed by atoms with van der Waals surface area (Å²) >= 11 is 0. The van der Waals surface area contributed by atoms with E-state index in [-0.39, 0.29) is 30.4 Å². The van der Waals surface area contributed by atoms with Crippen LogP contribution in [0.5, 0.6) is 0 Å². The average molecular weight is 306 g/mol. The van der Waals surface area contributed by atoms with Gasteiger partial charge in [0.15, 0.2) is 0 Å². The van der Waals surface area contributed by atoms with E-state index in [0.717, 1.165) is 0 Å². The van der Waals surface area contributed by atoms with Crippen LogP contribution in [-0.4, -0.2) is 46.5 Å². The molecule has 7 heteroatoms. The number of benzene rings is 1. The molecule has 22 heavy (non-hydrogen) atoms. The maximum atomic E-state index is 13.0. The van der Waals surface area contributed by atoms with Gasteiger partial charge in [-0.2, -0.15) is 0 Å². The number of hydrogen-bond acceptors (Lipinski definition) is 4. The Morgan fingerprint density at radius 1 is 1.23 bits per heavy atom. The number of fused-ring (bicyclic) bond motifs is 1. The Labute approximate surface area is 128 Å². The Bertz CT molecular complexity index is 592. The molecule has 2 saturated heterocycles. The first-order chi connectivity index (χ1) is 10.5. The molecule has 2 aliphatic heterocycles. The van der Waals surface area contributed by atoms with Crippen LogP contribution in [0.15, 0.2) is 24.3 Å². The molecule has 3 unspecified atom stereocenters. The molecular weight excluding hydrogens is 287 g/mol. The molecule has 1 aromatic carbocycles. The summed E-state index contributed by atoms with van der Waals surface area (Å²) in [6.07, 6.45) is 0. The SMILES string of the molecule is CCN1NC(C)C2NC(=O)N(Cc3ccc(F)cc3)C(=O)C21. The fraction of sp³-hybridized carbons (Fsp3) is 0.467. The number of amides is 3. The second-order valence-corrected chi connectivity index (χ2v) is 5.67. The molecule has 0 bridgehead atoms. The molecule has 1 aromatic rings. The van der Waals surface area contributed by atoms with Crippen molar-refractivity contribution in [1.82, 2.24) is 20.7 Å². The van der Waals surface area contributed by atoms with Crippen LogP contribution < -0.4 is 10.7 Å². The molecule has 2 heterocycles. The number of carbonyl (C=O) groups is 2. The number of urea groups is 1. The van der Waals surface area contributed by atoms with E-state index in [1.165, 1.54) is 17.0 Å². The highest BCUT2D eigenvalue weighted by Crippen LogP contribution is 2.23. The number of halogens is 1. The smallest absolute Gasteiger partial charge is 0.324 e. The molecule has 2 N–H and O–H groups in total. The van der Waals surface area contributed by atoms with Crippen LogP contribution in [-0.2, 0) is 11.3 Å². The lowest BCUT2D eigenvalue weighted by Crippen LogP contribution is -2.65. The van der Waals surface area contributed by atoms with Crippen molar-refractivity contribution >= 4 is 11.9 Å². The topological polar surface area (TPSA) is 64.7 Å². The van der Waals surface area contributed by atoms with E-state index in [2.05, 4.69) is 10.7 Å². The van der Waals surface area contributed by atoms with Crippen LogP contribution in [0.4, 0.5) is 9.18 Å². The average Bonchev–Trinajstić information content (AvgIpc) is 2.82. The molecule has 2 fully saturated rings. The predicted octanol–water partition coefficient (Wildman–Crippen LogP) is 0.843. The molecule has 3 atom stereocenters. The van der Waals surface area contributed by atoms with Gasteiger partial charge in [0.05, 0.1) is 12.6 Å². The Morgan fingerprint density at radius 3 is 2.55 bits per heavy atom. The lowest BCUT2D eigenvalue weighted by Gasteiger charge is -2.36. The van der Waals surface area contributed by atoms with E-state index in [1.807, 2.05) is 18.9 Å². The van der Waals surface area contributed by atoms with Crippen LogP contribution in [0.3, 0.4) is 0 Å². The quantitative estimate of drug-likeness (QED) is 0.869. The van der Waals surface area contributed by atoms with Crippen LogP contribution in [0, 0.1) is 5.82 Å². The zero-order valence-electron chi connectivity index (χ0n) is 12.5. The molecule has 0 aromatic heterocycles. The summed E-state index contributed by atoms with van der Waals surface area (Å²) in [7, 11) is 0. The van der Waals surface area contributed by atoms with Gasteiger partial charge in [0.2, 0.25) is 0 Å². The number of carbonyl (C=O) groups excluding carboxylic acids is 2. The fourth-order valence-electron chi connectivity index (χ4n) is 3.07. The summed E-state index contributed by atoms with van der Waals surface area (Å²) in [4.78, 5) is 26.1. The number of hydrazine groups is 1. The molecule has 0 spiro atoms. The van der Waals surface area contributed by atoms with Crippen molar-refractivity contribution in [2.45, 2.75) is 38.5 Å². The normalized spacial score (nSPS) is 28.7. The van der Waals surface area contributed by atoms with Crippen molar-refractivity contribution in [3.05, 3.63) is 35.6 Å². The summed E-state index contributed by atoms with van der Waals surface area (Å²) in [5.41, 5.74) is 3.92. The third-order valence-corrected chi connectivity index (χ3v) is 4.23. The maximum Gasteiger partial charge on any atom is 0.324 e. The standard InChI is InChI=1S/C15H19FN4O2/c1-3-20-13-12(9(2)18-20)17-15(22)19(14(13)21)8-10-4-6-11(16)7-5-10/h4-7,9,12-13,18H,3,8H2,1-2H3,(H,17,22). The number of rotatable bonds is 3. The van der Waals surface area contributed by atoms with E-state index in [9.17, 15) is 14.0 Å². The zero-order valence-corrected chi connectivity index (χ0v) is 12.5. The minimum Gasteiger partial charge on any atom is -0.331 e. The molecule has 3 amide bonds. The Kier molecular flexibility index (Phi) is 3.84. The minimum atomic E-state index is -0.404. The summed E-state index contributed by atoms with van der Waals surface area (Å²) < 4.78 is 13.0. The third kappa shape index (κ3) is 2.46. The van der Waals surface area contributed by atoms with Crippen molar-refractivity contribution < 1.29 is 14.0 Å². The Balaban J connectivity index is 1.82. The number of imide groups is 1.